The Morgan fingerprint density at radius 3 is 2.53 bits per heavy atom. The zero-order valence-electron chi connectivity index (χ0n) is 22.2. The van der Waals surface area contributed by atoms with Crippen molar-refractivity contribution in [1.29, 1.82) is 0 Å². The quantitative estimate of drug-likeness (QED) is 0.293. The Kier molecular flexibility index (Phi) is 7.96. The molecule has 0 radical (unpaired) electrons. The summed E-state index contributed by atoms with van der Waals surface area (Å²) in [5.41, 5.74) is 5.24. The first-order valence-electron chi connectivity index (χ1n) is 12.7. The maximum Gasteiger partial charge on any atom is 0.419 e. The summed E-state index contributed by atoms with van der Waals surface area (Å²) in [4.78, 5) is 6.84. The van der Waals surface area contributed by atoms with Crippen molar-refractivity contribution < 1.29 is 27.0 Å². The van der Waals surface area contributed by atoms with Crippen molar-refractivity contribution in [3.05, 3.63) is 46.8 Å². The Morgan fingerprint density at radius 2 is 1.89 bits per heavy atom. The fourth-order valence-electron chi connectivity index (χ4n) is 4.75. The number of hydrogen-bond acceptors (Lipinski definition) is 7. The number of benzene rings is 2. The third kappa shape index (κ3) is 6.43. The van der Waals surface area contributed by atoms with Crippen molar-refractivity contribution in [2.45, 2.75) is 58.1 Å². The molecular formula is C27H35F4N5O2. The fourth-order valence-corrected chi connectivity index (χ4v) is 4.75. The molecule has 0 bridgehead atoms. The highest BCUT2D eigenvalue weighted by Gasteiger charge is 2.36. The average molecular weight is 538 g/mol. The third-order valence-electron chi connectivity index (χ3n) is 6.66. The molecule has 1 unspecified atom stereocenters. The molecule has 1 fully saturated rings. The van der Waals surface area contributed by atoms with Gasteiger partial charge in [0.25, 0.3) is 0 Å². The van der Waals surface area contributed by atoms with Crippen LogP contribution in [0.1, 0.15) is 56.3 Å². The number of nitrogens with one attached hydrogen (secondary N) is 2. The zero-order chi connectivity index (χ0) is 27.8. The lowest BCUT2D eigenvalue weighted by Gasteiger charge is -2.29. The van der Waals surface area contributed by atoms with Gasteiger partial charge in [-0.1, -0.05) is 0 Å². The molecule has 1 aliphatic heterocycles. The number of alkyl halides is 3. The molecule has 1 aliphatic carbocycles. The van der Waals surface area contributed by atoms with Crippen molar-refractivity contribution in [3.8, 4) is 11.5 Å². The lowest BCUT2D eigenvalue weighted by molar-refractivity contribution is -0.140. The summed E-state index contributed by atoms with van der Waals surface area (Å²) in [6.07, 6.45) is -2.80. The van der Waals surface area contributed by atoms with Crippen molar-refractivity contribution in [3.63, 3.8) is 0 Å². The van der Waals surface area contributed by atoms with Gasteiger partial charge in [-0.3, -0.25) is 0 Å². The van der Waals surface area contributed by atoms with Gasteiger partial charge in [-0.15, -0.1) is 0 Å². The Hall–Kier alpha value is -3.21. The summed E-state index contributed by atoms with van der Waals surface area (Å²) >= 11 is 0. The highest BCUT2D eigenvalue weighted by Crippen LogP contribution is 2.38. The first-order valence-corrected chi connectivity index (χ1v) is 12.7. The molecule has 1 saturated carbocycles. The van der Waals surface area contributed by atoms with Gasteiger partial charge in [0.05, 0.1) is 24.4 Å². The molecule has 2 aromatic rings. The van der Waals surface area contributed by atoms with Crippen molar-refractivity contribution in [2.24, 2.45) is 10.9 Å². The normalized spacial score (nSPS) is 18.8. The predicted octanol–water partition coefficient (Wildman–Crippen LogP) is 5.41. The van der Waals surface area contributed by atoms with E-state index in [2.05, 4.69) is 27.6 Å². The lowest BCUT2D eigenvalue weighted by atomic mass is 10.0. The molecule has 1 heterocycles. The molecule has 11 heteroatoms. The second kappa shape index (κ2) is 10.9. The number of halogens is 4. The van der Waals surface area contributed by atoms with E-state index in [-0.39, 0.29) is 23.5 Å². The topological polar surface area (TPSA) is 84.1 Å². The number of nitrogens with two attached hydrogens (primary N) is 1. The molecule has 7 nitrogen and oxygen atoms in total. The van der Waals surface area contributed by atoms with Crippen LogP contribution in [0.25, 0.3) is 0 Å². The highest BCUT2D eigenvalue weighted by molar-refractivity contribution is 6.05. The number of ether oxygens (including phenoxy) is 2. The van der Waals surface area contributed by atoms with Gasteiger partial charge in [0.15, 0.2) is 11.5 Å². The number of methoxy groups -OCH3 is 1. The van der Waals surface area contributed by atoms with Gasteiger partial charge in [0.1, 0.15) is 23.9 Å². The molecule has 2 aliphatic rings. The SMILES string of the molecule is COc1cc2c(cc1O[C@H](C)CN(C)CC1CC1)C(N[C@H](C)c1cc(N)cc(C(F)(F)F)c1F)=NC(C)N2. The summed E-state index contributed by atoms with van der Waals surface area (Å²) in [5, 5.41) is 6.34. The second-order valence-electron chi connectivity index (χ2n) is 10.3. The van der Waals surface area contributed by atoms with Gasteiger partial charge in [0.2, 0.25) is 0 Å². The third-order valence-corrected chi connectivity index (χ3v) is 6.66. The van der Waals surface area contributed by atoms with Gasteiger partial charge >= 0.3 is 6.18 Å². The summed E-state index contributed by atoms with van der Waals surface area (Å²) < 4.78 is 66.8. The smallest absolute Gasteiger partial charge is 0.419 e. The summed E-state index contributed by atoms with van der Waals surface area (Å²) in [5.74, 6) is 0.831. The van der Waals surface area contributed by atoms with Crippen LogP contribution >= 0.6 is 0 Å². The van der Waals surface area contributed by atoms with E-state index >= 15 is 0 Å². The van der Waals surface area contributed by atoms with Crippen molar-refractivity contribution >= 4 is 17.2 Å². The van der Waals surface area contributed by atoms with E-state index < -0.39 is 23.6 Å². The number of rotatable bonds is 9. The predicted molar refractivity (Wildman–Crippen MR) is 140 cm³/mol. The molecule has 4 rings (SSSR count). The molecule has 0 saturated heterocycles. The zero-order valence-corrected chi connectivity index (χ0v) is 22.2. The number of likely N-dealkylation sites (N-methyl/N-ethyl adjacent to an activating group) is 1. The number of nitrogen functional groups attached to an aromatic ring is 1. The van der Waals surface area contributed by atoms with E-state index in [1.54, 1.807) is 26.2 Å². The Bertz CT molecular complexity index is 1200. The molecule has 0 amide bonds. The number of fused-ring (bicyclic) bond motifs is 1. The minimum atomic E-state index is -4.87. The molecule has 3 atom stereocenters. The maximum atomic E-state index is 14.9. The minimum Gasteiger partial charge on any atom is -0.493 e. The number of aliphatic imine (C=N–C) groups is 1. The van der Waals surface area contributed by atoms with Crippen LogP contribution in [0.3, 0.4) is 0 Å². The largest absolute Gasteiger partial charge is 0.493 e. The number of amidine groups is 1. The molecule has 2 aromatic carbocycles. The van der Waals surface area contributed by atoms with E-state index in [4.69, 9.17) is 15.2 Å². The number of hydrogen-bond donors (Lipinski definition) is 3. The Balaban J connectivity index is 1.60. The van der Waals surface area contributed by atoms with Crippen LogP contribution < -0.4 is 25.8 Å². The highest BCUT2D eigenvalue weighted by atomic mass is 19.4. The van der Waals surface area contributed by atoms with Gasteiger partial charge in [0, 0.05) is 36.0 Å². The van der Waals surface area contributed by atoms with Crippen molar-refractivity contribution in [2.75, 3.05) is 38.3 Å². The number of nitrogens with zero attached hydrogens (tertiary/aromatic N) is 2. The van der Waals surface area contributed by atoms with E-state index in [1.165, 1.54) is 18.9 Å². The molecule has 38 heavy (non-hydrogen) atoms. The Morgan fingerprint density at radius 1 is 1.18 bits per heavy atom. The number of anilines is 2. The van der Waals surface area contributed by atoms with Crippen LogP contribution in [0.2, 0.25) is 0 Å². The molecule has 0 spiro atoms. The van der Waals surface area contributed by atoms with E-state index in [1.807, 2.05) is 13.8 Å². The van der Waals surface area contributed by atoms with Gasteiger partial charge in [-0.05, 0) is 64.8 Å². The Labute approximate surface area is 220 Å². The average Bonchev–Trinajstić information content (AvgIpc) is 3.63. The lowest BCUT2D eigenvalue weighted by Crippen LogP contribution is -2.35. The fraction of sp³-hybridized carbons (Fsp3) is 0.519. The maximum absolute atomic E-state index is 14.9. The van der Waals surface area contributed by atoms with Crippen LogP contribution in [-0.2, 0) is 6.18 Å². The van der Waals surface area contributed by atoms with Crippen LogP contribution in [0.15, 0.2) is 29.3 Å². The molecular weight excluding hydrogens is 502 g/mol. The van der Waals surface area contributed by atoms with Crippen LogP contribution in [0, 0.1) is 11.7 Å². The van der Waals surface area contributed by atoms with Gasteiger partial charge in [-0.25, -0.2) is 9.38 Å². The molecule has 208 valence electrons. The second-order valence-corrected chi connectivity index (χ2v) is 10.3. The minimum absolute atomic E-state index is 0.129. The van der Waals surface area contributed by atoms with Crippen LogP contribution in [0.5, 0.6) is 11.5 Å². The first-order chi connectivity index (χ1) is 17.8. The van der Waals surface area contributed by atoms with Crippen LogP contribution in [0.4, 0.5) is 28.9 Å². The van der Waals surface area contributed by atoms with Gasteiger partial charge < -0.3 is 30.7 Å². The van der Waals surface area contributed by atoms with Gasteiger partial charge in [-0.2, -0.15) is 13.2 Å². The van der Waals surface area contributed by atoms with E-state index in [0.29, 0.717) is 34.7 Å². The van der Waals surface area contributed by atoms with E-state index in [9.17, 15) is 17.6 Å². The standard InChI is InChI=1S/C27H35F4N5O2/c1-14(12-36(4)13-17-6-7-17)38-24-10-20-22(11-23(24)37-5)34-16(3)35-26(20)33-15(2)19-8-18(32)9-21(25(19)28)27(29,30)31/h8-11,14-17,34H,6-7,12-13,32H2,1-5H3,(H,33,35)/t14-,15-,16?/m1/s1. The van der Waals surface area contributed by atoms with Crippen LogP contribution in [-0.4, -0.2) is 50.3 Å². The molecule has 0 aromatic heterocycles. The monoisotopic (exact) mass is 537 g/mol. The summed E-state index contributed by atoms with van der Waals surface area (Å²) in [6.45, 7) is 7.14. The summed E-state index contributed by atoms with van der Waals surface area (Å²) in [6, 6.07) is 4.52. The van der Waals surface area contributed by atoms with E-state index in [0.717, 1.165) is 19.0 Å². The summed E-state index contributed by atoms with van der Waals surface area (Å²) in [7, 11) is 3.63. The first kappa shape index (κ1) is 27.8. The molecule has 4 N–H and O–H groups in total. The van der Waals surface area contributed by atoms with Crippen molar-refractivity contribution in [1.82, 2.24) is 10.2 Å².